The second-order valence-electron chi connectivity index (χ2n) is 11.0. The summed E-state index contributed by atoms with van der Waals surface area (Å²) in [5.74, 6) is 0. The molecule has 0 radical (unpaired) electrons. The molecule has 226 valence electrons. The fourth-order valence-corrected chi connectivity index (χ4v) is 7.52. The van der Waals surface area contributed by atoms with E-state index < -0.39 is 10.7 Å². The molecule has 0 aromatic heterocycles. The van der Waals surface area contributed by atoms with E-state index in [-0.39, 0.29) is 9.85 Å². The highest BCUT2D eigenvalue weighted by Gasteiger charge is 2.28. The van der Waals surface area contributed by atoms with E-state index in [0.29, 0.717) is 12.8 Å². The van der Waals surface area contributed by atoms with Crippen molar-refractivity contribution in [1.29, 1.82) is 0 Å². The lowest BCUT2D eigenvalue weighted by molar-refractivity contribution is -0.497. The first-order chi connectivity index (χ1) is 18.5. The van der Waals surface area contributed by atoms with E-state index in [0.717, 1.165) is 60.1 Å². The summed E-state index contributed by atoms with van der Waals surface area (Å²) in [6.45, 7) is 4.49. The monoisotopic (exact) mass is 576 g/mol. The molecule has 0 spiro atoms. The van der Waals surface area contributed by atoms with Crippen LogP contribution >= 0.6 is 21.6 Å². The van der Waals surface area contributed by atoms with Crippen molar-refractivity contribution in [2.75, 3.05) is 0 Å². The van der Waals surface area contributed by atoms with Crippen LogP contribution in [0.25, 0.3) is 0 Å². The molecular weight excluding hydrogens is 516 g/mol. The van der Waals surface area contributed by atoms with Gasteiger partial charge in [0.25, 0.3) is 10.7 Å². The van der Waals surface area contributed by atoms with Gasteiger partial charge in [0.05, 0.1) is 0 Å². The van der Waals surface area contributed by atoms with Crippen molar-refractivity contribution < 1.29 is 9.85 Å². The maximum absolute atomic E-state index is 11.5. The average Bonchev–Trinajstić information content (AvgIpc) is 2.89. The molecule has 0 aromatic rings. The zero-order chi connectivity index (χ0) is 28.1. The van der Waals surface area contributed by atoms with Gasteiger partial charge in [-0.15, -0.1) is 0 Å². The number of unbranched alkanes of at least 4 members (excludes halogenated alkanes) is 22. The van der Waals surface area contributed by atoms with Crippen LogP contribution in [0, 0.1) is 20.2 Å². The molecule has 0 saturated carbocycles. The zero-order valence-corrected chi connectivity index (χ0v) is 26.5. The predicted molar refractivity (Wildman–Crippen MR) is 168 cm³/mol. The van der Waals surface area contributed by atoms with Crippen molar-refractivity contribution in [1.82, 2.24) is 0 Å². The van der Waals surface area contributed by atoms with Crippen molar-refractivity contribution in [3.8, 4) is 0 Å². The van der Waals surface area contributed by atoms with E-state index in [4.69, 9.17) is 0 Å². The van der Waals surface area contributed by atoms with E-state index in [1.165, 1.54) is 116 Å². The van der Waals surface area contributed by atoms with Crippen molar-refractivity contribution >= 4 is 21.6 Å². The molecule has 0 aliphatic heterocycles. The number of rotatable bonds is 31. The summed E-state index contributed by atoms with van der Waals surface area (Å²) in [5.41, 5.74) is 0. The zero-order valence-electron chi connectivity index (χ0n) is 24.9. The molecule has 38 heavy (non-hydrogen) atoms. The van der Waals surface area contributed by atoms with Gasteiger partial charge in [0.15, 0.2) is 0 Å². The molecular formula is C30H60N2O4S2. The molecule has 0 aliphatic rings. The highest BCUT2D eigenvalue weighted by atomic mass is 33.1. The van der Waals surface area contributed by atoms with Crippen LogP contribution in [-0.4, -0.2) is 20.6 Å². The fourth-order valence-electron chi connectivity index (χ4n) is 4.83. The Morgan fingerprint density at radius 3 is 0.842 bits per heavy atom. The quantitative estimate of drug-likeness (QED) is 0.0268. The van der Waals surface area contributed by atoms with Gasteiger partial charge in [0.1, 0.15) is 0 Å². The first-order valence-electron chi connectivity index (χ1n) is 16.1. The van der Waals surface area contributed by atoms with Crippen LogP contribution in [0.2, 0.25) is 0 Å². The minimum Gasteiger partial charge on any atom is -0.263 e. The van der Waals surface area contributed by atoms with Crippen LogP contribution in [0.3, 0.4) is 0 Å². The Labute approximate surface area is 242 Å². The number of hydrogen-bond acceptors (Lipinski definition) is 6. The van der Waals surface area contributed by atoms with Gasteiger partial charge in [-0.05, 0) is 34.4 Å². The van der Waals surface area contributed by atoms with Crippen LogP contribution in [-0.2, 0) is 0 Å². The molecule has 0 fully saturated rings. The maximum Gasteiger partial charge on any atom is 0.268 e. The first-order valence-corrected chi connectivity index (χ1v) is 18.4. The van der Waals surface area contributed by atoms with Gasteiger partial charge < -0.3 is 0 Å². The lowest BCUT2D eigenvalue weighted by Crippen LogP contribution is -2.18. The summed E-state index contributed by atoms with van der Waals surface area (Å²) in [6.07, 6.45) is 30.7. The summed E-state index contributed by atoms with van der Waals surface area (Å²) in [5, 5.41) is 21.5. The summed E-state index contributed by atoms with van der Waals surface area (Å²) in [4.78, 5) is 22.5. The van der Waals surface area contributed by atoms with Gasteiger partial charge >= 0.3 is 0 Å². The molecule has 0 rings (SSSR count). The van der Waals surface area contributed by atoms with E-state index >= 15 is 0 Å². The van der Waals surface area contributed by atoms with Gasteiger partial charge in [-0.3, -0.25) is 20.2 Å². The smallest absolute Gasteiger partial charge is 0.263 e. The van der Waals surface area contributed by atoms with E-state index in [9.17, 15) is 20.2 Å². The highest BCUT2D eigenvalue weighted by molar-refractivity contribution is 8.77. The summed E-state index contributed by atoms with van der Waals surface area (Å²) in [6, 6.07) is 0. The summed E-state index contributed by atoms with van der Waals surface area (Å²) < 4.78 is 0. The van der Waals surface area contributed by atoms with E-state index in [1.54, 1.807) is 0 Å². The molecule has 0 aromatic carbocycles. The van der Waals surface area contributed by atoms with Crippen molar-refractivity contribution in [3.63, 3.8) is 0 Å². The van der Waals surface area contributed by atoms with Crippen LogP contribution in [0.4, 0.5) is 0 Å². The van der Waals surface area contributed by atoms with Gasteiger partial charge in [-0.25, -0.2) is 0 Å². The normalized spacial score (nSPS) is 13.0. The van der Waals surface area contributed by atoms with E-state index in [1.807, 2.05) is 0 Å². The molecule has 2 atom stereocenters. The van der Waals surface area contributed by atoms with E-state index in [2.05, 4.69) is 13.8 Å². The van der Waals surface area contributed by atoms with Crippen LogP contribution in [0.5, 0.6) is 0 Å². The standard InChI is InChI=1S/C30H60N2O4S2/c1-3-5-7-9-11-13-15-17-19-21-23-25-27-29(31(33)34)37-38-30(32(35)36)28-26-24-22-20-18-16-14-12-10-8-6-4-2/h29-30H,3-28H2,1-2H3. The molecule has 0 N–H and O–H groups in total. The largest absolute Gasteiger partial charge is 0.268 e. The van der Waals surface area contributed by atoms with Crippen molar-refractivity contribution in [3.05, 3.63) is 20.2 Å². The minimum absolute atomic E-state index is 0.253. The molecule has 6 nitrogen and oxygen atoms in total. The third kappa shape index (κ3) is 25.8. The van der Waals surface area contributed by atoms with Gasteiger partial charge in [0, 0.05) is 22.7 Å². The second kappa shape index (κ2) is 29.5. The van der Waals surface area contributed by atoms with Crippen LogP contribution < -0.4 is 0 Å². The Morgan fingerprint density at radius 1 is 0.421 bits per heavy atom. The molecule has 0 saturated heterocycles. The topological polar surface area (TPSA) is 86.3 Å². The Morgan fingerprint density at radius 2 is 0.632 bits per heavy atom. The summed E-state index contributed by atoms with van der Waals surface area (Å²) in [7, 11) is 2.22. The number of nitro groups is 2. The van der Waals surface area contributed by atoms with Gasteiger partial charge in [0.2, 0.25) is 0 Å². The fraction of sp³-hybridized carbons (Fsp3) is 1.00. The Bertz CT molecular complexity index is 494. The molecule has 2 unspecified atom stereocenters. The highest BCUT2D eigenvalue weighted by Crippen LogP contribution is 2.36. The lowest BCUT2D eigenvalue weighted by atomic mass is 10.0. The van der Waals surface area contributed by atoms with Crippen LogP contribution in [0.1, 0.15) is 181 Å². The molecule has 8 heteroatoms. The molecule has 0 bridgehead atoms. The molecule has 0 amide bonds. The Hall–Kier alpha value is -0.500. The van der Waals surface area contributed by atoms with Crippen LogP contribution in [0.15, 0.2) is 0 Å². The first kappa shape index (κ1) is 37.5. The molecule has 0 heterocycles. The Balaban J connectivity index is 3.82. The second-order valence-corrected chi connectivity index (χ2v) is 13.7. The third-order valence-corrected chi connectivity index (χ3v) is 10.4. The van der Waals surface area contributed by atoms with Crippen molar-refractivity contribution in [2.45, 2.75) is 192 Å². The van der Waals surface area contributed by atoms with Gasteiger partial charge in [-0.1, -0.05) is 155 Å². The predicted octanol–water partition coefficient (Wildman–Crippen LogP) is 11.8. The number of nitrogens with zero attached hydrogens (tertiary/aromatic N) is 2. The lowest BCUT2D eigenvalue weighted by Gasteiger charge is -2.11. The Kier molecular flexibility index (Phi) is 29.1. The number of hydrogen-bond donors (Lipinski definition) is 0. The molecule has 0 aliphatic carbocycles. The SMILES string of the molecule is CCCCCCCCCCCCCCC(SSC(CCCCCCCCCCCCCC)[N+](=O)[O-])[N+](=O)[O-]. The van der Waals surface area contributed by atoms with Gasteiger partial charge in [-0.2, -0.15) is 0 Å². The average molecular weight is 577 g/mol. The summed E-state index contributed by atoms with van der Waals surface area (Å²) >= 11 is 0. The minimum atomic E-state index is -0.743. The third-order valence-electron chi connectivity index (χ3n) is 7.36. The van der Waals surface area contributed by atoms with Crippen molar-refractivity contribution in [2.24, 2.45) is 0 Å². The maximum atomic E-state index is 11.5.